The van der Waals surface area contributed by atoms with E-state index in [-0.39, 0.29) is 23.5 Å². The first-order chi connectivity index (χ1) is 9.97. The molecule has 7 heteroatoms. The van der Waals surface area contributed by atoms with Crippen LogP contribution in [0.5, 0.6) is 0 Å². The van der Waals surface area contributed by atoms with Crippen molar-refractivity contribution in [1.82, 2.24) is 0 Å². The third-order valence-corrected chi connectivity index (χ3v) is 3.96. The van der Waals surface area contributed by atoms with E-state index in [1.807, 2.05) is 0 Å². The Hall–Kier alpha value is -2.15. The summed E-state index contributed by atoms with van der Waals surface area (Å²) in [6, 6.07) is 3.60. The van der Waals surface area contributed by atoms with Crippen molar-refractivity contribution < 1.29 is 19.9 Å². The molecule has 0 saturated heterocycles. The number of nitro groups is 1. The highest BCUT2D eigenvalue weighted by Crippen LogP contribution is 2.33. The van der Waals surface area contributed by atoms with Gasteiger partial charge in [-0.1, -0.05) is 19.3 Å². The van der Waals surface area contributed by atoms with E-state index in [0.717, 1.165) is 19.3 Å². The van der Waals surface area contributed by atoms with Gasteiger partial charge in [-0.15, -0.1) is 0 Å². The monoisotopic (exact) mass is 294 g/mol. The number of nitrogens with one attached hydrogen (secondary N) is 1. The summed E-state index contributed by atoms with van der Waals surface area (Å²) in [6.45, 7) is -0.130. The number of nitro benzene ring substituents is 1. The second-order valence-corrected chi connectivity index (χ2v) is 5.42. The van der Waals surface area contributed by atoms with Gasteiger partial charge >= 0.3 is 5.97 Å². The number of aromatic carboxylic acids is 1. The number of aliphatic hydroxyl groups is 1. The Morgan fingerprint density at radius 3 is 2.52 bits per heavy atom. The van der Waals surface area contributed by atoms with Gasteiger partial charge in [-0.2, -0.15) is 0 Å². The third-order valence-electron chi connectivity index (χ3n) is 3.96. The standard InChI is InChI=1S/C14H18N2O5/c17-9-14(6-2-1-3-7-14)15-12-8-10(16(20)21)4-5-11(12)13(18)19/h4-5,8,15,17H,1-3,6-7,9H2,(H,18,19). The molecule has 1 saturated carbocycles. The molecule has 2 rings (SSSR count). The number of anilines is 1. The number of rotatable bonds is 5. The Balaban J connectivity index is 2.37. The van der Waals surface area contributed by atoms with Gasteiger partial charge in [-0.3, -0.25) is 10.1 Å². The highest BCUT2D eigenvalue weighted by atomic mass is 16.6. The van der Waals surface area contributed by atoms with Crippen LogP contribution in [0.1, 0.15) is 42.5 Å². The maximum Gasteiger partial charge on any atom is 0.337 e. The first-order valence-electron chi connectivity index (χ1n) is 6.88. The first kappa shape index (κ1) is 15.2. The number of hydrogen-bond acceptors (Lipinski definition) is 5. The van der Waals surface area contributed by atoms with Crippen LogP contribution in [0.3, 0.4) is 0 Å². The van der Waals surface area contributed by atoms with Crippen LogP contribution in [0.15, 0.2) is 18.2 Å². The molecule has 0 spiro atoms. The zero-order valence-electron chi connectivity index (χ0n) is 11.5. The average Bonchev–Trinajstić information content (AvgIpc) is 2.47. The van der Waals surface area contributed by atoms with Gasteiger partial charge in [0.15, 0.2) is 0 Å². The SMILES string of the molecule is O=C(O)c1ccc([N+](=O)[O-])cc1NC1(CO)CCCCC1. The summed E-state index contributed by atoms with van der Waals surface area (Å²) in [5.41, 5.74) is -0.615. The summed E-state index contributed by atoms with van der Waals surface area (Å²) in [4.78, 5) is 21.6. The maximum absolute atomic E-state index is 11.3. The molecule has 0 atom stereocenters. The lowest BCUT2D eigenvalue weighted by Gasteiger charge is -2.37. The normalized spacial score (nSPS) is 17.2. The van der Waals surface area contributed by atoms with Gasteiger partial charge in [0.2, 0.25) is 0 Å². The van der Waals surface area contributed by atoms with Gasteiger partial charge in [0, 0.05) is 12.1 Å². The molecule has 3 N–H and O–H groups in total. The number of hydrogen-bond donors (Lipinski definition) is 3. The molecule has 1 fully saturated rings. The van der Waals surface area contributed by atoms with Crippen molar-refractivity contribution in [2.75, 3.05) is 11.9 Å². The van der Waals surface area contributed by atoms with Crippen molar-refractivity contribution in [2.45, 2.75) is 37.6 Å². The highest BCUT2D eigenvalue weighted by Gasteiger charge is 2.32. The summed E-state index contributed by atoms with van der Waals surface area (Å²) in [5.74, 6) is -1.16. The summed E-state index contributed by atoms with van der Waals surface area (Å²) >= 11 is 0. The molecule has 1 aromatic rings. The number of carboxylic acids is 1. The molecule has 0 bridgehead atoms. The van der Waals surface area contributed by atoms with E-state index in [2.05, 4.69) is 5.32 Å². The van der Waals surface area contributed by atoms with Crippen LogP contribution < -0.4 is 5.32 Å². The Morgan fingerprint density at radius 2 is 2.00 bits per heavy atom. The number of carboxylic acid groups (broad SMARTS) is 1. The van der Waals surface area contributed by atoms with Crippen LogP contribution in [-0.4, -0.2) is 33.3 Å². The molecular weight excluding hydrogens is 276 g/mol. The lowest BCUT2D eigenvalue weighted by atomic mass is 9.82. The topological polar surface area (TPSA) is 113 Å². The molecule has 21 heavy (non-hydrogen) atoms. The number of benzene rings is 1. The van der Waals surface area contributed by atoms with Crippen LogP contribution in [0.4, 0.5) is 11.4 Å². The van der Waals surface area contributed by atoms with E-state index >= 15 is 0 Å². The molecule has 0 unspecified atom stereocenters. The minimum absolute atomic E-state index is 0.0287. The number of aliphatic hydroxyl groups excluding tert-OH is 1. The van der Waals surface area contributed by atoms with E-state index < -0.39 is 16.4 Å². The molecule has 0 heterocycles. The second kappa shape index (κ2) is 6.09. The zero-order valence-corrected chi connectivity index (χ0v) is 11.5. The first-order valence-corrected chi connectivity index (χ1v) is 6.88. The zero-order chi connectivity index (χ0) is 15.5. The van der Waals surface area contributed by atoms with Gasteiger partial charge in [0.25, 0.3) is 5.69 Å². The Morgan fingerprint density at radius 1 is 1.33 bits per heavy atom. The van der Waals surface area contributed by atoms with E-state index in [1.165, 1.54) is 18.2 Å². The van der Waals surface area contributed by atoms with Gasteiger partial charge in [-0.05, 0) is 18.9 Å². The fraction of sp³-hybridized carbons (Fsp3) is 0.500. The Kier molecular flexibility index (Phi) is 4.42. The molecule has 0 amide bonds. The predicted molar refractivity (Wildman–Crippen MR) is 76.6 cm³/mol. The van der Waals surface area contributed by atoms with Gasteiger partial charge in [0.05, 0.1) is 28.3 Å². The average molecular weight is 294 g/mol. The van der Waals surface area contributed by atoms with Crippen LogP contribution >= 0.6 is 0 Å². The van der Waals surface area contributed by atoms with E-state index in [4.69, 9.17) is 0 Å². The van der Waals surface area contributed by atoms with E-state index in [0.29, 0.717) is 12.8 Å². The van der Waals surface area contributed by atoms with Gasteiger partial charge in [-0.25, -0.2) is 4.79 Å². The van der Waals surface area contributed by atoms with E-state index in [1.54, 1.807) is 0 Å². The molecule has 1 aliphatic carbocycles. The maximum atomic E-state index is 11.3. The minimum atomic E-state index is -1.16. The number of nitrogens with zero attached hydrogens (tertiary/aromatic N) is 1. The molecule has 1 aliphatic rings. The fourth-order valence-corrected chi connectivity index (χ4v) is 2.77. The van der Waals surface area contributed by atoms with Crippen molar-refractivity contribution in [3.05, 3.63) is 33.9 Å². The van der Waals surface area contributed by atoms with E-state index in [9.17, 15) is 25.1 Å². The predicted octanol–water partition coefficient (Wildman–Crippen LogP) is 2.40. The lowest BCUT2D eigenvalue weighted by Crippen LogP contribution is -2.44. The minimum Gasteiger partial charge on any atom is -0.478 e. The number of non-ortho nitro benzene ring substituents is 1. The quantitative estimate of drug-likeness (QED) is 0.567. The number of carbonyl (C=O) groups is 1. The molecule has 0 aromatic heterocycles. The van der Waals surface area contributed by atoms with Crippen LogP contribution in [0.25, 0.3) is 0 Å². The van der Waals surface area contributed by atoms with Gasteiger partial charge < -0.3 is 15.5 Å². The largest absolute Gasteiger partial charge is 0.478 e. The summed E-state index contributed by atoms with van der Waals surface area (Å²) < 4.78 is 0. The van der Waals surface area contributed by atoms with Crippen LogP contribution in [0.2, 0.25) is 0 Å². The van der Waals surface area contributed by atoms with Crippen molar-refractivity contribution in [3.8, 4) is 0 Å². The second-order valence-electron chi connectivity index (χ2n) is 5.42. The van der Waals surface area contributed by atoms with Crippen molar-refractivity contribution in [3.63, 3.8) is 0 Å². The Labute approximate surface area is 121 Å². The Bertz CT molecular complexity index is 552. The molecule has 7 nitrogen and oxygen atoms in total. The summed E-state index contributed by atoms with van der Waals surface area (Å²) in [7, 11) is 0. The van der Waals surface area contributed by atoms with Crippen LogP contribution in [0, 0.1) is 10.1 Å². The van der Waals surface area contributed by atoms with Crippen LogP contribution in [-0.2, 0) is 0 Å². The van der Waals surface area contributed by atoms with Crippen molar-refractivity contribution in [1.29, 1.82) is 0 Å². The summed E-state index contributed by atoms with van der Waals surface area (Å²) in [6.07, 6.45) is 4.37. The molecule has 0 radical (unpaired) electrons. The molecule has 1 aromatic carbocycles. The fourth-order valence-electron chi connectivity index (χ4n) is 2.77. The lowest BCUT2D eigenvalue weighted by molar-refractivity contribution is -0.384. The third kappa shape index (κ3) is 3.30. The molecule has 0 aliphatic heterocycles. The molecule has 114 valence electrons. The smallest absolute Gasteiger partial charge is 0.337 e. The van der Waals surface area contributed by atoms with Gasteiger partial charge in [0.1, 0.15) is 0 Å². The van der Waals surface area contributed by atoms with Crippen molar-refractivity contribution >= 4 is 17.3 Å². The van der Waals surface area contributed by atoms with Crippen molar-refractivity contribution in [2.24, 2.45) is 0 Å². The highest BCUT2D eigenvalue weighted by molar-refractivity contribution is 5.95. The summed E-state index contributed by atoms with van der Waals surface area (Å²) in [5, 5.41) is 32.8. The molecular formula is C14H18N2O5.